The fraction of sp³-hybridized carbons (Fsp3) is 0.786. The molecule has 3 nitrogen and oxygen atoms in total. The number of H-pyrrole nitrogens is 1. The Kier molecular flexibility index (Phi) is 4.68. The molecule has 1 aliphatic carbocycles. The Morgan fingerprint density at radius 2 is 2.11 bits per heavy atom. The van der Waals surface area contributed by atoms with E-state index in [9.17, 15) is 0 Å². The summed E-state index contributed by atoms with van der Waals surface area (Å²) in [5.74, 6) is 1.02. The Morgan fingerprint density at radius 3 is 2.78 bits per heavy atom. The molecule has 0 atom stereocenters. The van der Waals surface area contributed by atoms with Gasteiger partial charge in [0.2, 0.25) is 0 Å². The number of hydrogen-bond acceptors (Lipinski definition) is 2. The lowest BCUT2D eigenvalue weighted by Crippen LogP contribution is -2.38. The number of nitrogens with zero attached hydrogens (tertiary/aromatic N) is 1. The lowest BCUT2D eigenvalue weighted by atomic mass is 10.0. The molecule has 18 heavy (non-hydrogen) atoms. The number of aryl methyl sites for hydroxylation is 1. The van der Waals surface area contributed by atoms with Gasteiger partial charge in [0.1, 0.15) is 5.82 Å². The molecule has 0 amide bonds. The van der Waals surface area contributed by atoms with Crippen molar-refractivity contribution < 1.29 is 0 Å². The van der Waals surface area contributed by atoms with Crippen LogP contribution in [0, 0.1) is 0 Å². The summed E-state index contributed by atoms with van der Waals surface area (Å²) in [6, 6.07) is 0. The van der Waals surface area contributed by atoms with E-state index in [-0.39, 0.29) is 5.54 Å². The lowest BCUT2D eigenvalue weighted by Gasteiger charge is -2.25. The van der Waals surface area contributed by atoms with Crippen molar-refractivity contribution in [3.05, 3.63) is 16.7 Å². The van der Waals surface area contributed by atoms with Gasteiger partial charge in [-0.25, -0.2) is 4.98 Å². The average Bonchev–Trinajstić information content (AvgIpc) is 2.92. The number of hydrogen-bond donors (Lipinski definition) is 2. The first-order chi connectivity index (χ1) is 8.63. The molecule has 0 saturated heterocycles. The third-order valence-corrected chi connectivity index (χ3v) is 4.26. The van der Waals surface area contributed by atoms with Gasteiger partial charge in [0.15, 0.2) is 5.15 Å². The van der Waals surface area contributed by atoms with Gasteiger partial charge in [0.05, 0.1) is 5.69 Å². The predicted octanol–water partition coefficient (Wildman–Crippen LogP) is 3.83. The molecule has 0 radical (unpaired) electrons. The highest BCUT2D eigenvalue weighted by Crippen LogP contribution is 2.29. The van der Waals surface area contributed by atoms with Crippen LogP contribution in [-0.2, 0) is 13.0 Å². The normalized spacial score (nSPS) is 18.4. The van der Waals surface area contributed by atoms with E-state index in [1.807, 2.05) is 0 Å². The Hall–Kier alpha value is -0.540. The van der Waals surface area contributed by atoms with Crippen LogP contribution in [0.3, 0.4) is 0 Å². The molecule has 2 rings (SSSR count). The summed E-state index contributed by atoms with van der Waals surface area (Å²) in [5, 5.41) is 4.26. The zero-order chi connectivity index (χ0) is 13.0. The minimum Gasteiger partial charge on any atom is -0.344 e. The first kappa shape index (κ1) is 13.9. The number of aromatic amines is 1. The van der Waals surface area contributed by atoms with Gasteiger partial charge in [0, 0.05) is 18.5 Å². The molecular formula is C14H24ClN3. The van der Waals surface area contributed by atoms with Crippen LogP contribution in [0.15, 0.2) is 0 Å². The van der Waals surface area contributed by atoms with Crippen molar-refractivity contribution >= 4 is 11.6 Å². The molecule has 1 aromatic rings. The second kappa shape index (κ2) is 6.07. The Balaban J connectivity index is 1.90. The largest absolute Gasteiger partial charge is 0.344 e. The number of nitrogens with one attached hydrogen (secondary N) is 2. The van der Waals surface area contributed by atoms with Crippen LogP contribution in [0.25, 0.3) is 0 Å². The van der Waals surface area contributed by atoms with Crippen LogP contribution in [0.1, 0.15) is 63.9 Å². The molecule has 2 N–H and O–H groups in total. The Bertz CT molecular complexity index is 380. The van der Waals surface area contributed by atoms with Crippen molar-refractivity contribution in [2.75, 3.05) is 0 Å². The van der Waals surface area contributed by atoms with Crippen LogP contribution < -0.4 is 5.32 Å². The Morgan fingerprint density at radius 1 is 1.39 bits per heavy atom. The van der Waals surface area contributed by atoms with Gasteiger partial charge in [-0.05, 0) is 26.2 Å². The number of aromatic nitrogens is 2. The standard InChI is InChI=1S/C14H24ClN3/c1-3-4-7-12-17-11(13(15)18-12)10-16-14(2)8-5-6-9-14/h16H,3-10H2,1-2H3,(H,17,18). The monoisotopic (exact) mass is 269 g/mol. The fourth-order valence-electron chi connectivity index (χ4n) is 2.65. The molecule has 1 aliphatic rings. The van der Waals surface area contributed by atoms with Gasteiger partial charge in [-0.3, -0.25) is 0 Å². The van der Waals surface area contributed by atoms with Crippen molar-refractivity contribution in [1.82, 2.24) is 15.3 Å². The van der Waals surface area contributed by atoms with Crippen LogP contribution in [0.4, 0.5) is 0 Å². The molecule has 0 unspecified atom stereocenters. The highest BCUT2D eigenvalue weighted by molar-refractivity contribution is 6.30. The lowest BCUT2D eigenvalue weighted by molar-refractivity contribution is 0.361. The van der Waals surface area contributed by atoms with E-state index in [2.05, 4.69) is 29.1 Å². The van der Waals surface area contributed by atoms with Gasteiger partial charge >= 0.3 is 0 Å². The number of unbranched alkanes of at least 4 members (excludes halogenated alkanes) is 1. The second-order valence-electron chi connectivity index (χ2n) is 5.68. The van der Waals surface area contributed by atoms with E-state index in [1.165, 1.54) is 32.1 Å². The predicted molar refractivity (Wildman–Crippen MR) is 75.9 cm³/mol. The molecule has 102 valence electrons. The first-order valence-electron chi connectivity index (χ1n) is 7.11. The maximum atomic E-state index is 6.17. The van der Waals surface area contributed by atoms with Gasteiger partial charge in [-0.1, -0.05) is 37.8 Å². The van der Waals surface area contributed by atoms with Crippen molar-refractivity contribution in [3.63, 3.8) is 0 Å². The molecule has 0 bridgehead atoms. The van der Waals surface area contributed by atoms with Crippen LogP contribution in [-0.4, -0.2) is 15.5 Å². The van der Waals surface area contributed by atoms with Crippen molar-refractivity contribution in [2.45, 2.75) is 70.9 Å². The summed E-state index contributed by atoms with van der Waals surface area (Å²) >= 11 is 6.17. The minimum absolute atomic E-state index is 0.290. The zero-order valence-electron chi connectivity index (χ0n) is 11.5. The van der Waals surface area contributed by atoms with E-state index in [0.29, 0.717) is 5.15 Å². The topological polar surface area (TPSA) is 40.7 Å². The number of halogens is 1. The van der Waals surface area contributed by atoms with Gasteiger partial charge < -0.3 is 10.3 Å². The van der Waals surface area contributed by atoms with Crippen molar-refractivity contribution in [3.8, 4) is 0 Å². The third kappa shape index (κ3) is 3.48. The highest BCUT2D eigenvalue weighted by atomic mass is 35.5. The van der Waals surface area contributed by atoms with E-state index in [1.54, 1.807) is 0 Å². The molecule has 0 aliphatic heterocycles. The SMILES string of the molecule is CCCCc1nc(Cl)c(CNC2(C)CCCC2)[nH]1. The van der Waals surface area contributed by atoms with Crippen LogP contribution >= 0.6 is 11.6 Å². The van der Waals surface area contributed by atoms with E-state index in [4.69, 9.17) is 11.6 Å². The minimum atomic E-state index is 0.290. The van der Waals surface area contributed by atoms with E-state index < -0.39 is 0 Å². The molecule has 1 aromatic heterocycles. The second-order valence-corrected chi connectivity index (χ2v) is 6.04. The molecule has 4 heteroatoms. The maximum absolute atomic E-state index is 6.17. The van der Waals surface area contributed by atoms with E-state index in [0.717, 1.165) is 30.9 Å². The smallest absolute Gasteiger partial charge is 0.151 e. The van der Waals surface area contributed by atoms with Crippen molar-refractivity contribution in [2.24, 2.45) is 0 Å². The number of rotatable bonds is 6. The van der Waals surface area contributed by atoms with E-state index >= 15 is 0 Å². The average molecular weight is 270 g/mol. The molecule has 0 aromatic carbocycles. The quantitative estimate of drug-likeness (QED) is 0.824. The van der Waals surface area contributed by atoms with Gasteiger partial charge in [0.25, 0.3) is 0 Å². The zero-order valence-corrected chi connectivity index (χ0v) is 12.2. The fourth-order valence-corrected chi connectivity index (χ4v) is 2.87. The summed E-state index contributed by atoms with van der Waals surface area (Å²) in [7, 11) is 0. The summed E-state index contributed by atoms with van der Waals surface area (Å²) in [6.07, 6.45) is 8.54. The van der Waals surface area contributed by atoms with Gasteiger partial charge in [-0.15, -0.1) is 0 Å². The van der Waals surface area contributed by atoms with Crippen LogP contribution in [0.2, 0.25) is 5.15 Å². The number of imidazole rings is 1. The van der Waals surface area contributed by atoms with Gasteiger partial charge in [-0.2, -0.15) is 0 Å². The molecule has 1 fully saturated rings. The molecular weight excluding hydrogens is 246 g/mol. The summed E-state index contributed by atoms with van der Waals surface area (Å²) in [4.78, 5) is 7.74. The third-order valence-electron chi connectivity index (χ3n) is 3.94. The molecule has 1 heterocycles. The van der Waals surface area contributed by atoms with Crippen LogP contribution in [0.5, 0.6) is 0 Å². The summed E-state index contributed by atoms with van der Waals surface area (Å²) in [5.41, 5.74) is 1.33. The first-order valence-corrected chi connectivity index (χ1v) is 7.49. The van der Waals surface area contributed by atoms with Crippen molar-refractivity contribution in [1.29, 1.82) is 0 Å². The molecule has 1 saturated carbocycles. The Labute approximate surface area is 115 Å². The maximum Gasteiger partial charge on any atom is 0.151 e. The summed E-state index contributed by atoms with van der Waals surface area (Å²) in [6.45, 7) is 5.30. The summed E-state index contributed by atoms with van der Waals surface area (Å²) < 4.78 is 0. The highest BCUT2D eigenvalue weighted by Gasteiger charge is 2.28. The molecule has 0 spiro atoms.